The summed E-state index contributed by atoms with van der Waals surface area (Å²) in [6.07, 6.45) is 2.13. The number of rotatable bonds is 3. The second kappa shape index (κ2) is 13.0. The molecule has 0 fully saturated rings. The fourth-order valence-electron chi connectivity index (χ4n) is 5.03. The Labute approximate surface area is 290 Å². The third kappa shape index (κ3) is 6.94. The summed E-state index contributed by atoms with van der Waals surface area (Å²) < 4.78 is 47.4. The summed E-state index contributed by atoms with van der Waals surface area (Å²) in [5.74, 6) is 0. The van der Waals surface area contributed by atoms with E-state index in [9.17, 15) is 0 Å². The van der Waals surface area contributed by atoms with Gasteiger partial charge in [0.1, 0.15) is 0 Å². The maximum absolute atomic E-state index is 8.78. The van der Waals surface area contributed by atoms with Crippen LogP contribution < -0.4 is 0 Å². The van der Waals surface area contributed by atoms with E-state index in [0.717, 1.165) is 37.0 Å². The molecule has 0 saturated carbocycles. The minimum Gasteiger partial charge on any atom is -0.486 e. The molecule has 0 unspecified atom stereocenters. The number of aromatic nitrogens is 3. The van der Waals surface area contributed by atoms with Gasteiger partial charge in [0.05, 0.1) is 5.58 Å². The van der Waals surface area contributed by atoms with Gasteiger partial charge in [-0.25, -0.2) is 4.98 Å². The van der Waals surface area contributed by atoms with Crippen LogP contribution in [0, 0.1) is 52.1 Å². The van der Waals surface area contributed by atoms with Gasteiger partial charge in [0.25, 0.3) is 0 Å². The van der Waals surface area contributed by atoms with Crippen LogP contribution >= 0.6 is 11.3 Å². The zero-order valence-electron chi connectivity index (χ0n) is 31.3. The Bertz CT molecular complexity index is 2340. The van der Waals surface area contributed by atoms with Crippen molar-refractivity contribution in [1.82, 2.24) is 15.0 Å². The van der Waals surface area contributed by atoms with Gasteiger partial charge in [0.15, 0.2) is 0 Å². The minimum atomic E-state index is -2.32. The van der Waals surface area contributed by atoms with Gasteiger partial charge >= 0.3 is 0 Å². The third-order valence-electron chi connectivity index (χ3n) is 7.42. The molecule has 45 heavy (non-hydrogen) atoms. The summed E-state index contributed by atoms with van der Waals surface area (Å²) in [4.78, 5) is 14.2. The van der Waals surface area contributed by atoms with Crippen molar-refractivity contribution in [3.8, 4) is 22.5 Å². The quantitative estimate of drug-likeness (QED) is 0.167. The molecule has 0 aliphatic carbocycles. The normalized spacial score (nSPS) is 13.7. The number of thiophene rings is 1. The predicted octanol–water partition coefficient (Wildman–Crippen LogP) is 10.7. The fraction of sp³-hybridized carbons (Fsp3) is 0.256. The second-order valence-corrected chi connectivity index (χ2v) is 13.4. The monoisotopic (exact) mass is 793 g/mol. The van der Waals surface area contributed by atoms with E-state index in [2.05, 4.69) is 66.1 Å². The number of aryl methyl sites for hydroxylation is 5. The number of hydrogen-bond donors (Lipinski definition) is 0. The smallest absolute Gasteiger partial charge is 0.216 e. The van der Waals surface area contributed by atoms with Gasteiger partial charge in [-0.05, 0) is 74.1 Å². The van der Waals surface area contributed by atoms with Crippen molar-refractivity contribution in [3.05, 3.63) is 112 Å². The molecular weight excluding hydrogens is 751 g/mol. The number of nitrogens with zero attached hydrogens (tertiary/aromatic N) is 3. The van der Waals surface area contributed by atoms with Crippen molar-refractivity contribution in [2.45, 2.75) is 61.7 Å². The maximum atomic E-state index is 8.78. The predicted molar refractivity (Wildman–Crippen MR) is 184 cm³/mol. The number of pyridine rings is 3. The van der Waals surface area contributed by atoms with E-state index < -0.39 is 18.6 Å². The van der Waals surface area contributed by atoms with Gasteiger partial charge in [0.2, 0.25) is 5.71 Å². The van der Waals surface area contributed by atoms with Crippen LogP contribution in [-0.2, 0) is 26.5 Å². The van der Waals surface area contributed by atoms with Crippen LogP contribution in [0.15, 0.2) is 71.4 Å². The van der Waals surface area contributed by atoms with Gasteiger partial charge in [-0.15, -0.1) is 64.9 Å². The van der Waals surface area contributed by atoms with Gasteiger partial charge in [-0.3, -0.25) is 0 Å². The summed E-state index contributed by atoms with van der Waals surface area (Å²) in [5, 5.41) is 2.35. The van der Waals surface area contributed by atoms with Crippen molar-refractivity contribution >= 4 is 43.5 Å². The Hall–Kier alpha value is -3.70. The SMILES string of the molecule is Cc1c[c-]c(-c2cc(C)c(C)cn2)cc1.[2H]C([2H])([2H])c1ccc2c(n1)oc1c(-c3cc4sc(C)c(C([2H])([2H])C(C)(C)C)c4cn3)[c-]ccc12.[Ir]. The first-order valence-corrected chi connectivity index (χ1v) is 15.3. The van der Waals surface area contributed by atoms with Crippen LogP contribution in [0.4, 0.5) is 0 Å². The van der Waals surface area contributed by atoms with E-state index in [-0.39, 0.29) is 31.5 Å². The van der Waals surface area contributed by atoms with Crippen molar-refractivity contribution in [2.24, 2.45) is 5.41 Å². The molecule has 0 amide bonds. The largest absolute Gasteiger partial charge is 0.486 e. The van der Waals surface area contributed by atoms with Crippen LogP contribution in [0.5, 0.6) is 0 Å². The molecule has 231 valence electrons. The number of furan rings is 1. The van der Waals surface area contributed by atoms with Crippen LogP contribution in [-0.4, -0.2) is 15.0 Å². The molecule has 5 heterocycles. The van der Waals surface area contributed by atoms with Gasteiger partial charge in [-0.1, -0.05) is 56.3 Å². The summed E-state index contributed by atoms with van der Waals surface area (Å²) in [6, 6.07) is 23.5. The van der Waals surface area contributed by atoms with Crippen LogP contribution in [0.25, 0.3) is 54.7 Å². The Balaban J connectivity index is 0.000000255. The average Bonchev–Trinajstić information content (AvgIpc) is 3.58. The molecule has 7 aromatic rings. The number of benzene rings is 2. The molecule has 2 aromatic carbocycles. The third-order valence-corrected chi connectivity index (χ3v) is 8.49. The first-order chi connectivity index (χ1) is 23.0. The molecule has 5 aromatic heterocycles. The summed E-state index contributed by atoms with van der Waals surface area (Å²) >= 11 is 1.55. The molecule has 4 nitrogen and oxygen atoms in total. The topological polar surface area (TPSA) is 51.8 Å². The molecule has 0 aliphatic rings. The Morgan fingerprint density at radius 2 is 1.69 bits per heavy atom. The average molecular weight is 793 g/mol. The van der Waals surface area contributed by atoms with Crippen LogP contribution in [0.2, 0.25) is 0 Å². The minimum absolute atomic E-state index is 0. The molecule has 0 atom stereocenters. The zero-order valence-corrected chi connectivity index (χ0v) is 29.6. The van der Waals surface area contributed by atoms with Crippen molar-refractivity contribution < 1.29 is 31.4 Å². The van der Waals surface area contributed by atoms with E-state index in [1.165, 1.54) is 22.8 Å². The second-order valence-electron chi connectivity index (χ2n) is 12.2. The maximum Gasteiger partial charge on any atom is 0.216 e. The van der Waals surface area contributed by atoms with Crippen molar-refractivity contribution in [2.75, 3.05) is 0 Å². The summed E-state index contributed by atoms with van der Waals surface area (Å²) in [5.41, 5.74) is 7.99. The summed E-state index contributed by atoms with van der Waals surface area (Å²) in [7, 11) is 0. The van der Waals surface area contributed by atoms with E-state index in [1.807, 2.05) is 52.1 Å². The fourth-order valence-corrected chi connectivity index (χ4v) is 6.06. The van der Waals surface area contributed by atoms with Crippen LogP contribution in [0.3, 0.4) is 0 Å². The Kier molecular flexibility index (Phi) is 7.64. The van der Waals surface area contributed by atoms with E-state index in [1.54, 1.807) is 29.7 Å². The van der Waals surface area contributed by atoms with Crippen LogP contribution in [0.1, 0.15) is 60.4 Å². The molecule has 6 heteroatoms. The first kappa shape index (κ1) is 26.5. The number of fused-ring (bicyclic) bond motifs is 4. The standard InChI is InChI=1S/C25H23N2OS.C14H14N.Ir/c1-14-9-10-17-16-7-6-8-18(23(16)28-24(17)27-14)21-11-22-20(13-26-21)19(15(2)29-22)12-25(3,4)5;1-10-4-6-13(7-5-10)14-8-11(2)12(3)9-15-14;/h6-7,9-11,13H,12H2,1-5H3;4-6,8-9H,1-3H3;/q2*-1;/i1D3,12D2;;. The molecule has 7 rings (SSSR count). The van der Waals surface area contributed by atoms with Crippen molar-refractivity contribution in [1.29, 1.82) is 0 Å². The van der Waals surface area contributed by atoms with Gasteiger partial charge < -0.3 is 14.4 Å². The first-order valence-electron chi connectivity index (χ1n) is 17.0. The summed E-state index contributed by atoms with van der Waals surface area (Å²) in [6.45, 7) is 11.6. The Morgan fingerprint density at radius 1 is 0.889 bits per heavy atom. The van der Waals surface area contributed by atoms with E-state index in [4.69, 9.17) is 11.3 Å². The van der Waals surface area contributed by atoms with Gasteiger partial charge in [-0.2, -0.15) is 0 Å². The van der Waals surface area contributed by atoms with Gasteiger partial charge in [0, 0.05) is 65.4 Å². The van der Waals surface area contributed by atoms with E-state index >= 15 is 0 Å². The molecule has 1 radical (unpaired) electrons. The van der Waals surface area contributed by atoms with E-state index in [0.29, 0.717) is 22.4 Å². The molecule has 0 bridgehead atoms. The number of hydrogen-bond acceptors (Lipinski definition) is 5. The molecular formula is C39H37IrN3OS-2. The zero-order chi connectivity index (χ0) is 35.5. The Morgan fingerprint density at radius 3 is 2.40 bits per heavy atom. The molecule has 0 spiro atoms. The molecule has 0 N–H and O–H groups in total. The molecule has 0 aliphatic heterocycles. The van der Waals surface area contributed by atoms with Crippen molar-refractivity contribution in [3.63, 3.8) is 0 Å². The molecule has 0 saturated heterocycles.